The van der Waals surface area contributed by atoms with Crippen LogP contribution in [0.5, 0.6) is 0 Å². The van der Waals surface area contributed by atoms with Crippen molar-refractivity contribution in [2.24, 2.45) is 0 Å². The second-order valence-electron chi connectivity index (χ2n) is 3.93. The van der Waals surface area contributed by atoms with E-state index in [9.17, 15) is 13.2 Å². The van der Waals surface area contributed by atoms with Gasteiger partial charge in [-0.25, -0.2) is 13.2 Å². The fourth-order valence-electron chi connectivity index (χ4n) is 1.50. The van der Waals surface area contributed by atoms with Crippen LogP contribution in [0.4, 0.5) is 0 Å². The monoisotopic (exact) mass is 272 g/mol. The van der Waals surface area contributed by atoms with Gasteiger partial charge >= 0.3 is 5.97 Å². The minimum absolute atomic E-state index is 0.0133. The smallest absolute Gasteiger partial charge is 0.335 e. The van der Waals surface area contributed by atoms with Crippen molar-refractivity contribution in [2.45, 2.75) is 24.2 Å². The fourth-order valence-corrected chi connectivity index (χ4v) is 2.87. The van der Waals surface area contributed by atoms with Crippen LogP contribution in [0.3, 0.4) is 0 Å². The Morgan fingerprint density at radius 2 is 1.67 bits per heavy atom. The third-order valence-corrected chi connectivity index (χ3v) is 4.35. The van der Waals surface area contributed by atoms with E-state index >= 15 is 0 Å². The van der Waals surface area contributed by atoms with Gasteiger partial charge in [-0.2, -0.15) is 0 Å². The van der Waals surface area contributed by atoms with Gasteiger partial charge in [-0.3, -0.25) is 0 Å². The van der Waals surface area contributed by atoms with E-state index in [1.54, 1.807) is 0 Å². The zero-order valence-corrected chi connectivity index (χ0v) is 10.7. The number of carbonyl (C=O) groups is 1. The van der Waals surface area contributed by atoms with Crippen LogP contribution >= 0.6 is 0 Å². The van der Waals surface area contributed by atoms with Crippen LogP contribution < -0.4 is 0 Å². The molecule has 0 fully saturated rings. The summed E-state index contributed by atoms with van der Waals surface area (Å²) in [5.41, 5.74) is 0.0641. The zero-order valence-electron chi connectivity index (χ0n) is 9.87. The van der Waals surface area contributed by atoms with Crippen LogP contribution in [-0.2, 0) is 9.84 Å². The predicted octanol–water partition coefficient (Wildman–Crippen LogP) is 1.32. The van der Waals surface area contributed by atoms with Gasteiger partial charge < -0.3 is 10.2 Å². The Morgan fingerprint density at radius 1 is 1.06 bits per heavy atom. The van der Waals surface area contributed by atoms with Crippen molar-refractivity contribution in [1.29, 1.82) is 0 Å². The Kier molecular flexibility index (Phi) is 5.30. The molecular formula is C12H16O5S. The first kappa shape index (κ1) is 14.7. The number of aromatic carboxylic acids is 1. The number of carboxylic acids is 1. The summed E-state index contributed by atoms with van der Waals surface area (Å²) in [5.74, 6) is -1.07. The largest absolute Gasteiger partial charge is 0.478 e. The summed E-state index contributed by atoms with van der Waals surface area (Å²) in [6.45, 7) is 0.0629. The maximum Gasteiger partial charge on any atom is 0.335 e. The second kappa shape index (κ2) is 6.51. The van der Waals surface area contributed by atoms with Crippen LogP contribution in [0.2, 0.25) is 0 Å². The maximum absolute atomic E-state index is 11.9. The van der Waals surface area contributed by atoms with E-state index < -0.39 is 15.8 Å². The number of unbranched alkanes of at least 4 members (excludes halogenated alkanes) is 2. The van der Waals surface area contributed by atoms with Gasteiger partial charge in [0, 0.05) is 6.61 Å². The van der Waals surface area contributed by atoms with Gasteiger partial charge in [0.2, 0.25) is 0 Å². The highest BCUT2D eigenvalue weighted by atomic mass is 32.2. The van der Waals surface area contributed by atoms with Crippen molar-refractivity contribution in [3.8, 4) is 0 Å². The number of hydrogen-bond acceptors (Lipinski definition) is 4. The minimum atomic E-state index is -3.36. The molecule has 0 radical (unpaired) electrons. The Hall–Kier alpha value is -1.40. The number of hydrogen-bond donors (Lipinski definition) is 2. The number of rotatable bonds is 7. The number of aliphatic hydroxyl groups excluding tert-OH is 1. The van der Waals surface area contributed by atoms with Crippen molar-refractivity contribution >= 4 is 15.8 Å². The van der Waals surface area contributed by atoms with Gasteiger partial charge in [-0.15, -0.1) is 0 Å². The zero-order chi connectivity index (χ0) is 13.6. The lowest BCUT2D eigenvalue weighted by Crippen LogP contribution is -2.07. The van der Waals surface area contributed by atoms with Gasteiger partial charge in [-0.1, -0.05) is 6.42 Å². The van der Waals surface area contributed by atoms with Crippen molar-refractivity contribution in [2.75, 3.05) is 12.4 Å². The van der Waals surface area contributed by atoms with Crippen LogP contribution in [0, 0.1) is 0 Å². The van der Waals surface area contributed by atoms with E-state index in [0.717, 1.165) is 0 Å². The van der Waals surface area contributed by atoms with E-state index in [1.165, 1.54) is 24.3 Å². The lowest BCUT2D eigenvalue weighted by molar-refractivity contribution is 0.0696. The molecule has 0 unspecified atom stereocenters. The predicted molar refractivity (Wildman–Crippen MR) is 66.4 cm³/mol. The lowest BCUT2D eigenvalue weighted by atomic mass is 10.2. The molecule has 18 heavy (non-hydrogen) atoms. The summed E-state index contributed by atoms with van der Waals surface area (Å²) in [6, 6.07) is 5.18. The first-order valence-electron chi connectivity index (χ1n) is 5.64. The molecule has 1 aromatic carbocycles. The van der Waals surface area contributed by atoms with Gasteiger partial charge in [0.15, 0.2) is 9.84 Å². The Balaban J connectivity index is 2.70. The summed E-state index contributed by atoms with van der Waals surface area (Å²) in [4.78, 5) is 10.8. The molecule has 0 aliphatic carbocycles. The number of carboxylic acid groups (broad SMARTS) is 1. The first-order chi connectivity index (χ1) is 8.47. The molecule has 0 atom stereocenters. The number of sulfone groups is 1. The second-order valence-corrected chi connectivity index (χ2v) is 6.04. The van der Waals surface area contributed by atoms with Gasteiger partial charge in [0.05, 0.1) is 16.2 Å². The van der Waals surface area contributed by atoms with Crippen molar-refractivity contribution in [3.63, 3.8) is 0 Å². The Labute approximate surface area is 106 Å². The van der Waals surface area contributed by atoms with E-state index in [4.69, 9.17) is 10.2 Å². The highest BCUT2D eigenvalue weighted by Crippen LogP contribution is 2.14. The highest BCUT2D eigenvalue weighted by molar-refractivity contribution is 7.91. The summed E-state index contributed by atoms with van der Waals surface area (Å²) < 4.78 is 23.7. The maximum atomic E-state index is 11.9. The molecule has 0 saturated heterocycles. The lowest BCUT2D eigenvalue weighted by Gasteiger charge is -2.04. The standard InChI is InChI=1S/C12H16O5S/c13-8-2-1-3-9-18(16,17)11-6-4-10(5-7-11)12(14)15/h4-7,13H,1-3,8-9H2,(H,14,15). The molecule has 100 valence electrons. The quantitative estimate of drug-likeness (QED) is 0.730. The fraction of sp³-hybridized carbons (Fsp3) is 0.417. The topological polar surface area (TPSA) is 91.7 Å². The van der Waals surface area contributed by atoms with Crippen molar-refractivity contribution in [3.05, 3.63) is 29.8 Å². The third kappa shape index (κ3) is 4.12. The molecule has 2 N–H and O–H groups in total. The molecule has 0 bridgehead atoms. The number of aliphatic hydroxyl groups is 1. The molecule has 0 aromatic heterocycles. The average molecular weight is 272 g/mol. The van der Waals surface area contributed by atoms with Crippen LogP contribution in [0.15, 0.2) is 29.2 Å². The van der Waals surface area contributed by atoms with E-state index in [-0.39, 0.29) is 22.8 Å². The molecule has 0 aliphatic heterocycles. The molecule has 1 aromatic rings. The molecular weight excluding hydrogens is 256 g/mol. The Morgan fingerprint density at radius 3 is 2.17 bits per heavy atom. The summed E-state index contributed by atoms with van der Waals surface area (Å²) in [7, 11) is -3.36. The van der Waals surface area contributed by atoms with Gasteiger partial charge in [-0.05, 0) is 37.1 Å². The molecule has 0 heterocycles. The van der Waals surface area contributed by atoms with E-state index in [1.807, 2.05) is 0 Å². The molecule has 0 amide bonds. The highest BCUT2D eigenvalue weighted by Gasteiger charge is 2.14. The number of benzene rings is 1. The van der Waals surface area contributed by atoms with Crippen LogP contribution in [-0.4, -0.2) is 37.0 Å². The normalized spacial score (nSPS) is 11.4. The molecule has 6 heteroatoms. The average Bonchev–Trinajstić information content (AvgIpc) is 2.35. The molecule has 5 nitrogen and oxygen atoms in total. The molecule has 0 aliphatic rings. The summed E-state index contributed by atoms with van der Waals surface area (Å²) in [6.07, 6.45) is 1.74. The van der Waals surface area contributed by atoms with Crippen LogP contribution in [0.25, 0.3) is 0 Å². The van der Waals surface area contributed by atoms with Gasteiger partial charge in [0.25, 0.3) is 0 Å². The summed E-state index contributed by atoms with van der Waals surface area (Å²) in [5, 5.41) is 17.3. The minimum Gasteiger partial charge on any atom is -0.478 e. The first-order valence-corrected chi connectivity index (χ1v) is 7.29. The van der Waals surface area contributed by atoms with Crippen molar-refractivity contribution in [1.82, 2.24) is 0 Å². The van der Waals surface area contributed by atoms with Gasteiger partial charge in [0.1, 0.15) is 0 Å². The van der Waals surface area contributed by atoms with E-state index in [2.05, 4.69) is 0 Å². The molecule has 0 saturated carbocycles. The Bertz CT molecular complexity index is 490. The van der Waals surface area contributed by atoms with E-state index in [0.29, 0.717) is 19.3 Å². The SMILES string of the molecule is O=C(O)c1ccc(S(=O)(=O)CCCCCO)cc1. The summed E-state index contributed by atoms with van der Waals surface area (Å²) >= 11 is 0. The van der Waals surface area contributed by atoms with Crippen LogP contribution in [0.1, 0.15) is 29.6 Å². The third-order valence-electron chi connectivity index (χ3n) is 2.53. The molecule has 1 rings (SSSR count). The van der Waals surface area contributed by atoms with Crippen molar-refractivity contribution < 1.29 is 23.4 Å². The molecule has 0 spiro atoms.